The molecule has 0 saturated heterocycles. The van der Waals surface area contributed by atoms with Crippen molar-refractivity contribution in [3.05, 3.63) is 107 Å². The topological polar surface area (TPSA) is 78.9 Å². The highest BCUT2D eigenvalue weighted by Crippen LogP contribution is 2.23. The van der Waals surface area contributed by atoms with Gasteiger partial charge in [-0.15, -0.1) is 0 Å². The van der Waals surface area contributed by atoms with Crippen LogP contribution in [0, 0.1) is 5.82 Å². The molecule has 0 aliphatic rings. The van der Waals surface area contributed by atoms with Crippen molar-refractivity contribution in [1.29, 1.82) is 0 Å². The van der Waals surface area contributed by atoms with E-state index in [2.05, 4.69) is 15.7 Å². The first kappa shape index (κ1) is 19.6. The summed E-state index contributed by atoms with van der Waals surface area (Å²) in [6.45, 7) is 0.396. The maximum Gasteiger partial charge on any atom is 0.323 e. The quantitative estimate of drug-likeness (QED) is 0.364. The van der Waals surface area contributed by atoms with Gasteiger partial charge in [0.15, 0.2) is 0 Å². The summed E-state index contributed by atoms with van der Waals surface area (Å²) >= 11 is 0. The number of carbonyl (C=O) groups excluding carboxylic acids is 1. The van der Waals surface area contributed by atoms with E-state index in [1.807, 2.05) is 42.5 Å². The van der Waals surface area contributed by atoms with Crippen LogP contribution in [-0.4, -0.2) is 15.8 Å². The average Bonchev–Trinajstić information content (AvgIpc) is 3.10. The fourth-order valence-corrected chi connectivity index (χ4v) is 3.79. The molecule has 0 fully saturated rings. The minimum atomic E-state index is -0.400. The first-order chi connectivity index (χ1) is 15.6. The lowest BCUT2D eigenvalue weighted by Crippen LogP contribution is -2.19. The van der Waals surface area contributed by atoms with Crippen molar-refractivity contribution >= 4 is 39.1 Å². The number of amides is 2. The molecule has 0 spiro atoms. The van der Waals surface area contributed by atoms with Crippen molar-refractivity contribution in [2.45, 2.75) is 6.54 Å². The highest BCUT2D eigenvalue weighted by atomic mass is 19.1. The minimum absolute atomic E-state index is 0.264. The molecule has 0 saturated carbocycles. The number of fused-ring (bicyclic) bond motifs is 2. The van der Waals surface area contributed by atoms with E-state index in [0.717, 1.165) is 16.3 Å². The van der Waals surface area contributed by atoms with Crippen LogP contribution in [0.5, 0.6) is 0 Å². The van der Waals surface area contributed by atoms with E-state index in [1.165, 1.54) is 12.1 Å². The molecule has 32 heavy (non-hydrogen) atoms. The summed E-state index contributed by atoms with van der Waals surface area (Å²) in [5.74, 6) is -0.308. The van der Waals surface area contributed by atoms with Crippen molar-refractivity contribution in [1.82, 2.24) is 9.78 Å². The smallest absolute Gasteiger partial charge is 0.308 e. The maximum atomic E-state index is 13.1. The number of nitrogens with zero attached hydrogens (tertiary/aromatic N) is 1. The van der Waals surface area contributed by atoms with Gasteiger partial charge in [-0.3, -0.25) is 14.6 Å². The van der Waals surface area contributed by atoms with Crippen LogP contribution < -0.4 is 16.2 Å². The van der Waals surface area contributed by atoms with Crippen LogP contribution in [0.3, 0.4) is 0 Å². The molecule has 0 atom stereocenters. The van der Waals surface area contributed by atoms with Gasteiger partial charge in [0.25, 0.3) is 5.56 Å². The van der Waals surface area contributed by atoms with Gasteiger partial charge < -0.3 is 10.6 Å². The monoisotopic (exact) mass is 426 g/mol. The molecule has 2 amide bonds. The number of hydrogen-bond acceptors (Lipinski definition) is 2. The summed E-state index contributed by atoms with van der Waals surface area (Å²) in [4.78, 5) is 25.0. The number of rotatable bonds is 4. The summed E-state index contributed by atoms with van der Waals surface area (Å²) in [5, 5.41) is 10.9. The molecule has 5 rings (SSSR count). The lowest BCUT2D eigenvalue weighted by atomic mass is 10.1. The predicted molar refractivity (Wildman–Crippen MR) is 125 cm³/mol. The normalized spacial score (nSPS) is 11.0. The van der Waals surface area contributed by atoms with Crippen LogP contribution in [0.15, 0.2) is 89.7 Å². The van der Waals surface area contributed by atoms with Crippen molar-refractivity contribution in [3.8, 4) is 0 Å². The zero-order valence-electron chi connectivity index (χ0n) is 16.9. The van der Waals surface area contributed by atoms with Crippen molar-refractivity contribution in [2.75, 3.05) is 10.6 Å². The average molecular weight is 426 g/mol. The Bertz CT molecular complexity index is 1500. The van der Waals surface area contributed by atoms with E-state index in [0.29, 0.717) is 28.8 Å². The third-order valence-corrected chi connectivity index (χ3v) is 5.32. The van der Waals surface area contributed by atoms with Crippen LogP contribution in [0.4, 0.5) is 20.6 Å². The molecule has 0 unspecified atom stereocenters. The van der Waals surface area contributed by atoms with Crippen molar-refractivity contribution < 1.29 is 9.18 Å². The van der Waals surface area contributed by atoms with Gasteiger partial charge in [0.1, 0.15) is 5.82 Å². The highest BCUT2D eigenvalue weighted by Gasteiger charge is 2.11. The van der Waals surface area contributed by atoms with E-state index >= 15 is 0 Å². The number of aromatic amines is 1. The summed E-state index contributed by atoms with van der Waals surface area (Å²) in [6.07, 6.45) is 0. The fraction of sp³-hybridized carbons (Fsp3) is 0.0400. The molecular weight excluding hydrogens is 407 g/mol. The summed E-state index contributed by atoms with van der Waals surface area (Å²) in [5.41, 5.74) is 2.49. The summed E-state index contributed by atoms with van der Waals surface area (Å²) in [6, 6.07) is 24.4. The standard InChI is InChI=1S/C25H19FN4O2/c26-18-10-8-16(9-11-18)15-30-23-13-12-19(14-21(23)24(31)29-30)27-25(32)28-22-7-3-5-17-4-1-2-6-20(17)22/h1-14H,15H2,(H,29,31)(H2,27,28,32). The highest BCUT2D eigenvalue weighted by molar-refractivity contribution is 6.06. The molecule has 0 radical (unpaired) electrons. The van der Waals surface area contributed by atoms with E-state index in [9.17, 15) is 14.0 Å². The number of nitrogens with one attached hydrogen (secondary N) is 3. The Hall–Kier alpha value is -4.39. The number of benzene rings is 4. The zero-order chi connectivity index (χ0) is 22.1. The Balaban J connectivity index is 1.37. The number of aromatic nitrogens is 2. The van der Waals surface area contributed by atoms with Gasteiger partial charge in [-0.2, -0.15) is 0 Å². The molecule has 1 heterocycles. The molecule has 5 aromatic rings. The van der Waals surface area contributed by atoms with Gasteiger partial charge in [-0.05, 0) is 47.3 Å². The van der Waals surface area contributed by atoms with Crippen LogP contribution >= 0.6 is 0 Å². The number of anilines is 2. The van der Waals surface area contributed by atoms with Crippen LogP contribution in [-0.2, 0) is 6.54 Å². The van der Waals surface area contributed by atoms with Gasteiger partial charge in [0.05, 0.1) is 23.1 Å². The molecule has 6 nitrogen and oxygen atoms in total. The lowest BCUT2D eigenvalue weighted by Gasteiger charge is -2.10. The molecule has 158 valence electrons. The molecule has 7 heteroatoms. The van der Waals surface area contributed by atoms with E-state index < -0.39 is 6.03 Å². The van der Waals surface area contributed by atoms with Crippen LogP contribution in [0.25, 0.3) is 21.7 Å². The molecule has 3 N–H and O–H groups in total. The molecule has 0 aliphatic carbocycles. The first-order valence-electron chi connectivity index (χ1n) is 10.1. The largest absolute Gasteiger partial charge is 0.323 e. The van der Waals surface area contributed by atoms with E-state index in [4.69, 9.17) is 0 Å². The Kier molecular flexibility index (Phi) is 4.91. The zero-order valence-corrected chi connectivity index (χ0v) is 16.9. The van der Waals surface area contributed by atoms with Gasteiger partial charge in [-0.1, -0.05) is 48.5 Å². The third-order valence-electron chi connectivity index (χ3n) is 5.32. The second-order valence-corrected chi connectivity index (χ2v) is 7.49. The maximum absolute atomic E-state index is 13.1. The summed E-state index contributed by atoms with van der Waals surface area (Å²) in [7, 11) is 0. The van der Waals surface area contributed by atoms with Gasteiger partial charge in [0, 0.05) is 11.1 Å². The number of urea groups is 1. The minimum Gasteiger partial charge on any atom is -0.308 e. The number of carbonyl (C=O) groups is 1. The Morgan fingerprint density at radius 2 is 1.66 bits per heavy atom. The van der Waals surface area contributed by atoms with Crippen LogP contribution in [0.1, 0.15) is 5.56 Å². The Morgan fingerprint density at radius 1 is 0.875 bits per heavy atom. The predicted octanol–water partition coefficient (Wildman–Crippen LogP) is 5.31. The molecule has 0 aliphatic heterocycles. The number of hydrogen-bond donors (Lipinski definition) is 3. The fourth-order valence-electron chi connectivity index (χ4n) is 3.79. The number of halogens is 1. The van der Waals surface area contributed by atoms with Gasteiger partial charge >= 0.3 is 6.03 Å². The summed E-state index contributed by atoms with van der Waals surface area (Å²) < 4.78 is 14.8. The molecular formula is C25H19FN4O2. The third kappa shape index (κ3) is 3.83. The van der Waals surface area contributed by atoms with E-state index in [-0.39, 0.29) is 11.4 Å². The lowest BCUT2D eigenvalue weighted by molar-refractivity contribution is 0.262. The second kappa shape index (κ2) is 8.03. The molecule has 1 aromatic heterocycles. The van der Waals surface area contributed by atoms with Gasteiger partial charge in [0.2, 0.25) is 0 Å². The Labute approximate surface area is 182 Å². The SMILES string of the molecule is O=C(Nc1ccc2c(c1)c(=O)[nH]n2Cc1ccc(F)cc1)Nc1cccc2ccccc12. The second-order valence-electron chi connectivity index (χ2n) is 7.49. The van der Waals surface area contributed by atoms with E-state index in [1.54, 1.807) is 35.0 Å². The molecule has 4 aromatic carbocycles. The van der Waals surface area contributed by atoms with Crippen molar-refractivity contribution in [2.24, 2.45) is 0 Å². The Morgan fingerprint density at radius 3 is 2.50 bits per heavy atom. The van der Waals surface area contributed by atoms with Gasteiger partial charge in [-0.25, -0.2) is 9.18 Å². The van der Waals surface area contributed by atoms with Crippen LogP contribution in [0.2, 0.25) is 0 Å². The number of H-pyrrole nitrogens is 1. The van der Waals surface area contributed by atoms with Crippen molar-refractivity contribution in [3.63, 3.8) is 0 Å². The first-order valence-corrected chi connectivity index (χ1v) is 10.1. The molecule has 0 bridgehead atoms.